The zero-order chi connectivity index (χ0) is 19.6. The maximum atomic E-state index is 12.4. The zero-order valence-corrected chi connectivity index (χ0v) is 16.2. The second kappa shape index (κ2) is 10.8. The number of hydrogen-bond acceptors (Lipinski definition) is 8. The molecule has 1 rings (SSSR count). The van der Waals surface area contributed by atoms with Gasteiger partial charge >= 0.3 is 5.97 Å². The summed E-state index contributed by atoms with van der Waals surface area (Å²) in [5, 5.41) is 0. The van der Waals surface area contributed by atoms with E-state index in [1.807, 2.05) is 20.8 Å². The summed E-state index contributed by atoms with van der Waals surface area (Å²) in [7, 11) is 4.48. The minimum absolute atomic E-state index is 0.0192. The van der Waals surface area contributed by atoms with Crippen molar-refractivity contribution in [2.45, 2.75) is 27.2 Å². The lowest BCUT2D eigenvalue weighted by atomic mass is 9.91. The fourth-order valence-corrected chi connectivity index (χ4v) is 1.72. The van der Waals surface area contributed by atoms with Crippen LogP contribution in [0.5, 0.6) is 23.0 Å². The SMILES string of the molecule is CCC(C)(C)C(=O)Oc1cc(OCOC)c(OCOC)c(OCOC)c1. The van der Waals surface area contributed by atoms with Crippen molar-refractivity contribution in [1.29, 1.82) is 0 Å². The van der Waals surface area contributed by atoms with E-state index in [0.29, 0.717) is 6.42 Å². The monoisotopic (exact) mass is 372 g/mol. The summed E-state index contributed by atoms with van der Waals surface area (Å²) in [6.45, 7) is 5.49. The van der Waals surface area contributed by atoms with Crippen molar-refractivity contribution in [3.05, 3.63) is 12.1 Å². The first-order chi connectivity index (χ1) is 12.4. The van der Waals surface area contributed by atoms with Crippen LogP contribution in [0.25, 0.3) is 0 Å². The number of rotatable bonds is 12. The van der Waals surface area contributed by atoms with E-state index in [4.69, 9.17) is 33.2 Å². The summed E-state index contributed by atoms with van der Waals surface area (Å²) in [5.74, 6) is 0.763. The molecule has 0 radical (unpaired) electrons. The van der Waals surface area contributed by atoms with Gasteiger partial charge in [-0.15, -0.1) is 0 Å². The Hall–Kier alpha value is -2.03. The van der Waals surface area contributed by atoms with Crippen molar-refractivity contribution >= 4 is 5.97 Å². The van der Waals surface area contributed by atoms with Gasteiger partial charge in [-0.25, -0.2) is 0 Å². The zero-order valence-electron chi connectivity index (χ0n) is 16.2. The van der Waals surface area contributed by atoms with E-state index in [2.05, 4.69) is 0 Å². The van der Waals surface area contributed by atoms with Crippen molar-refractivity contribution in [1.82, 2.24) is 0 Å². The lowest BCUT2D eigenvalue weighted by molar-refractivity contribution is -0.144. The smallest absolute Gasteiger partial charge is 0.316 e. The highest BCUT2D eigenvalue weighted by Gasteiger charge is 2.28. The molecule has 148 valence electrons. The van der Waals surface area contributed by atoms with Crippen LogP contribution < -0.4 is 18.9 Å². The van der Waals surface area contributed by atoms with Gasteiger partial charge in [0.1, 0.15) is 5.75 Å². The third kappa shape index (κ3) is 6.36. The lowest BCUT2D eigenvalue weighted by Gasteiger charge is -2.21. The van der Waals surface area contributed by atoms with Gasteiger partial charge in [-0.05, 0) is 20.3 Å². The Labute approximate surface area is 154 Å². The van der Waals surface area contributed by atoms with E-state index >= 15 is 0 Å². The number of hydrogen-bond donors (Lipinski definition) is 0. The van der Waals surface area contributed by atoms with Crippen molar-refractivity contribution in [2.75, 3.05) is 41.7 Å². The van der Waals surface area contributed by atoms with Gasteiger partial charge in [-0.2, -0.15) is 0 Å². The second-order valence-corrected chi connectivity index (χ2v) is 6.03. The van der Waals surface area contributed by atoms with Crippen LogP contribution in [0.15, 0.2) is 12.1 Å². The standard InChI is InChI=1S/C18H28O8/c1-7-18(2,3)17(19)26-13-8-14(23-10-20-4)16(25-12-22-6)15(9-13)24-11-21-5/h8-9H,7,10-12H2,1-6H3. The third-order valence-corrected chi connectivity index (χ3v) is 3.63. The van der Waals surface area contributed by atoms with Crippen molar-refractivity contribution < 1.29 is 38.0 Å². The molecule has 0 saturated heterocycles. The molecule has 8 nitrogen and oxygen atoms in total. The fourth-order valence-electron chi connectivity index (χ4n) is 1.72. The van der Waals surface area contributed by atoms with E-state index in [1.165, 1.54) is 33.5 Å². The molecule has 1 aromatic rings. The highest BCUT2D eigenvalue weighted by atomic mass is 16.7. The third-order valence-electron chi connectivity index (χ3n) is 3.63. The molecule has 0 aliphatic carbocycles. The molecule has 0 bridgehead atoms. The van der Waals surface area contributed by atoms with E-state index < -0.39 is 5.41 Å². The Morgan fingerprint density at radius 3 is 1.77 bits per heavy atom. The van der Waals surface area contributed by atoms with Crippen molar-refractivity contribution in [2.24, 2.45) is 5.41 Å². The van der Waals surface area contributed by atoms with Crippen LogP contribution in [0.2, 0.25) is 0 Å². The number of benzene rings is 1. The number of ether oxygens (including phenoxy) is 7. The summed E-state index contributed by atoms with van der Waals surface area (Å²) in [5.41, 5.74) is -0.619. The molecule has 0 spiro atoms. The molecule has 0 amide bonds. The summed E-state index contributed by atoms with van der Waals surface area (Å²) < 4.78 is 36.9. The molecule has 8 heteroatoms. The van der Waals surface area contributed by atoms with Crippen molar-refractivity contribution in [3.8, 4) is 23.0 Å². The van der Waals surface area contributed by atoms with Gasteiger partial charge in [0.25, 0.3) is 0 Å². The van der Waals surface area contributed by atoms with Gasteiger partial charge in [0.15, 0.2) is 31.9 Å². The van der Waals surface area contributed by atoms with Gasteiger partial charge in [0.05, 0.1) is 5.41 Å². The van der Waals surface area contributed by atoms with Crippen LogP contribution in [-0.2, 0) is 19.0 Å². The summed E-state index contributed by atoms with van der Waals surface area (Å²) >= 11 is 0. The quantitative estimate of drug-likeness (QED) is 0.315. The summed E-state index contributed by atoms with van der Waals surface area (Å²) in [6, 6.07) is 3.07. The molecule has 0 heterocycles. The number of carbonyl (C=O) groups is 1. The highest BCUT2D eigenvalue weighted by Crippen LogP contribution is 2.42. The fraction of sp³-hybridized carbons (Fsp3) is 0.611. The summed E-state index contributed by atoms with van der Waals surface area (Å²) in [6.07, 6.45) is 0.640. The normalized spacial score (nSPS) is 11.2. The minimum Gasteiger partial charge on any atom is -0.463 e. The van der Waals surface area contributed by atoms with E-state index in [1.54, 1.807) is 0 Å². The molecule has 0 aliphatic heterocycles. The van der Waals surface area contributed by atoms with Crippen LogP contribution >= 0.6 is 0 Å². The van der Waals surface area contributed by atoms with Crippen LogP contribution in [-0.4, -0.2) is 47.7 Å². The molecule has 0 saturated carbocycles. The number of carbonyl (C=O) groups excluding carboxylic acids is 1. The topological polar surface area (TPSA) is 81.7 Å². The predicted octanol–water partition coefficient (Wildman–Crippen LogP) is 2.98. The summed E-state index contributed by atoms with van der Waals surface area (Å²) in [4.78, 5) is 12.4. The average Bonchev–Trinajstić information content (AvgIpc) is 2.63. The molecule has 1 aromatic carbocycles. The van der Waals surface area contributed by atoms with E-state index in [9.17, 15) is 4.79 Å². The largest absolute Gasteiger partial charge is 0.463 e. The second-order valence-electron chi connectivity index (χ2n) is 6.03. The first-order valence-electron chi connectivity index (χ1n) is 8.15. The molecule has 0 fully saturated rings. The van der Waals surface area contributed by atoms with Gasteiger partial charge < -0.3 is 33.2 Å². The first-order valence-corrected chi connectivity index (χ1v) is 8.15. The molecular formula is C18H28O8. The first kappa shape index (κ1) is 22.0. The van der Waals surface area contributed by atoms with Crippen LogP contribution in [0.3, 0.4) is 0 Å². The molecule has 0 atom stereocenters. The van der Waals surface area contributed by atoms with Crippen LogP contribution in [0.4, 0.5) is 0 Å². The Bertz CT molecular complexity index is 541. The van der Waals surface area contributed by atoms with E-state index in [-0.39, 0.29) is 49.3 Å². The lowest BCUT2D eigenvalue weighted by Crippen LogP contribution is -2.28. The van der Waals surface area contributed by atoms with Crippen LogP contribution in [0.1, 0.15) is 27.2 Å². The van der Waals surface area contributed by atoms with Gasteiger partial charge in [-0.1, -0.05) is 6.92 Å². The maximum absolute atomic E-state index is 12.4. The molecule has 0 aromatic heterocycles. The Kier molecular flexibility index (Phi) is 9.18. The Balaban J connectivity index is 3.22. The highest BCUT2D eigenvalue weighted by molar-refractivity contribution is 5.78. The number of esters is 1. The van der Waals surface area contributed by atoms with E-state index in [0.717, 1.165) is 0 Å². The Morgan fingerprint density at radius 1 is 0.885 bits per heavy atom. The van der Waals surface area contributed by atoms with Gasteiger partial charge in [-0.3, -0.25) is 4.79 Å². The van der Waals surface area contributed by atoms with Gasteiger partial charge in [0, 0.05) is 33.5 Å². The molecule has 0 aliphatic rings. The number of methoxy groups -OCH3 is 3. The molecular weight excluding hydrogens is 344 g/mol. The minimum atomic E-state index is -0.619. The van der Waals surface area contributed by atoms with Gasteiger partial charge in [0.2, 0.25) is 5.75 Å². The average molecular weight is 372 g/mol. The molecule has 26 heavy (non-hydrogen) atoms. The maximum Gasteiger partial charge on any atom is 0.316 e. The molecule has 0 unspecified atom stereocenters. The molecule has 0 N–H and O–H groups in total. The predicted molar refractivity (Wildman–Crippen MR) is 93.7 cm³/mol. The van der Waals surface area contributed by atoms with Crippen LogP contribution in [0, 0.1) is 5.41 Å². The van der Waals surface area contributed by atoms with Crippen molar-refractivity contribution in [3.63, 3.8) is 0 Å². The Morgan fingerprint density at radius 2 is 1.35 bits per heavy atom.